The van der Waals surface area contributed by atoms with E-state index in [9.17, 15) is 4.79 Å². The molecule has 1 amide bonds. The molecule has 1 aromatic rings. The van der Waals surface area contributed by atoms with Crippen LogP contribution in [-0.4, -0.2) is 25.1 Å². The molecule has 0 spiro atoms. The summed E-state index contributed by atoms with van der Waals surface area (Å²) in [6.45, 7) is 4.43. The second-order valence-corrected chi connectivity index (χ2v) is 5.88. The minimum absolute atomic E-state index is 0.0260. The molecule has 1 saturated carbocycles. The normalized spacial score (nSPS) is 19.0. The molecule has 4 heteroatoms. The van der Waals surface area contributed by atoms with Crippen molar-refractivity contribution < 1.29 is 9.53 Å². The molecule has 2 unspecified atom stereocenters. The average molecular weight is 276 g/mol. The Morgan fingerprint density at radius 2 is 2.25 bits per heavy atom. The van der Waals surface area contributed by atoms with E-state index in [4.69, 9.17) is 10.5 Å². The molecule has 4 nitrogen and oxygen atoms in total. The Morgan fingerprint density at radius 1 is 1.55 bits per heavy atom. The molecular weight excluding hydrogens is 252 g/mol. The van der Waals surface area contributed by atoms with E-state index in [-0.39, 0.29) is 17.4 Å². The number of rotatable bonds is 6. The van der Waals surface area contributed by atoms with Crippen molar-refractivity contribution in [3.8, 4) is 5.75 Å². The van der Waals surface area contributed by atoms with Gasteiger partial charge in [-0.1, -0.05) is 12.1 Å². The first-order valence-electron chi connectivity index (χ1n) is 7.16. The van der Waals surface area contributed by atoms with Crippen LogP contribution in [0.15, 0.2) is 24.3 Å². The van der Waals surface area contributed by atoms with E-state index < -0.39 is 0 Å². The summed E-state index contributed by atoms with van der Waals surface area (Å²) in [5, 5.41) is 3.14. The Balaban J connectivity index is 2.07. The molecule has 20 heavy (non-hydrogen) atoms. The van der Waals surface area contributed by atoms with Gasteiger partial charge in [-0.05, 0) is 50.3 Å². The summed E-state index contributed by atoms with van der Waals surface area (Å²) in [6, 6.07) is 7.63. The number of amides is 1. The van der Waals surface area contributed by atoms with Gasteiger partial charge in [0.25, 0.3) is 0 Å². The summed E-state index contributed by atoms with van der Waals surface area (Å²) >= 11 is 0. The highest BCUT2D eigenvalue weighted by molar-refractivity contribution is 5.84. The molecule has 0 heterocycles. The zero-order chi connectivity index (χ0) is 14.8. The number of carbonyl (C=O) groups excluding carboxylic acids is 1. The number of nitrogens with two attached hydrogens (primary N) is 1. The van der Waals surface area contributed by atoms with Crippen LogP contribution in [0.25, 0.3) is 0 Å². The Morgan fingerprint density at radius 3 is 2.80 bits per heavy atom. The fourth-order valence-electron chi connectivity index (χ4n) is 2.49. The third-order valence-electron chi connectivity index (χ3n) is 4.30. The molecule has 1 fully saturated rings. The summed E-state index contributed by atoms with van der Waals surface area (Å²) in [5.74, 6) is 1.10. The number of ether oxygens (including phenoxy) is 1. The van der Waals surface area contributed by atoms with Gasteiger partial charge in [-0.3, -0.25) is 4.79 Å². The molecular formula is C16H24N2O2. The van der Waals surface area contributed by atoms with Gasteiger partial charge >= 0.3 is 0 Å². The lowest BCUT2D eigenvalue weighted by molar-refractivity contribution is -0.124. The minimum Gasteiger partial charge on any atom is -0.497 e. The third kappa shape index (κ3) is 3.12. The van der Waals surface area contributed by atoms with Crippen LogP contribution in [0, 0.1) is 5.92 Å². The van der Waals surface area contributed by atoms with E-state index >= 15 is 0 Å². The first-order valence-corrected chi connectivity index (χ1v) is 7.16. The molecule has 2 atom stereocenters. The summed E-state index contributed by atoms with van der Waals surface area (Å²) in [6.07, 6.45) is 2.31. The second-order valence-electron chi connectivity index (χ2n) is 5.88. The minimum atomic E-state index is -0.274. The SMILES string of the molecule is COc1cccc(C(C)C(=O)NC(C)(CN)C2CC2)c1. The van der Waals surface area contributed by atoms with Crippen LogP contribution in [0.3, 0.4) is 0 Å². The highest BCUT2D eigenvalue weighted by Crippen LogP contribution is 2.39. The van der Waals surface area contributed by atoms with Crippen molar-refractivity contribution in [2.45, 2.75) is 38.1 Å². The van der Waals surface area contributed by atoms with Gasteiger partial charge in [0.05, 0.1) is 18.6 Å². The molecule has 0 bridgehead atoms. The highest BCUT2D eigenvalue weighted by Gasteiger charge is 2.42. The number of hydrogen-bond acceptors (Lipinski definition) is 3. The Labute approximate surface area is 120 Å². The lowest BCUT2D eigenvalue weighted by atomic mass is 9.93. The van der Waals surface area contributed by atoms with E-state index in [1.54, 1.807) is 7.11 Å². The largest absolute Gasteiger partial charge is 0.497 e. The van der Waals surface area contributed by atoms with Crippen molar-refractivity contribution in [3.63, 3.8) is 0 Å². The van der Waals surface area contributed by atoms with Crippen LogP contribution in [-0.2, 0) is 4.79 Å². The van der Waals surface area contributed by atoms with E-state index in [2.05, 4.69) is 5.32 Å². The summed E-state index contributed by atoms with van der Waals surface area (Å²) in [5.41, 5.74) is 6.53. The molecule has 1 aliphatic carbocycles. The second kappa shape index (κ2) is 5.83. The van der Waals surface area contributed by atoms with E-state index in [0.717, 1.165) is 24.2 Å². The number of carbonyl (C=O) groups is 1. The molecule has 2 rings (SSSR count). The first-order chi connectivity index (χ1) is 9.50. The van der Waals surface area contributed by atoms with E-state index in [0.29, 0.717) is 12.5 Å². The Bertz CT molecular complexity index is 485. The fourth-order valence-corrected chi connectivity index (χ4v) is 2.49. The van der Waals surface area contributed by atoms with Crippen LogP contribution in [0.2, 0.25) is 0 Å². The van der Waals surface area contributed by atoms with Crippen LogP contribution in [0.1, 0.15) is 38.2 Å². The van der Waals surface area contributed by atoms with E-state index in [1.807, 2.05) is 38.1 Å². The molecule has 1 aliphatic rings. The summed E-state index contributed by atoms with van der Waals surface area (Å²) in [4.78, 5) is 12.4. The maximum absolute atomic E-state index is 12.4. The van der Waals surface area contributed by atoms with Crippen molar-refractivity contribution in [1.82, 2.24) is 5.32 Å². The monoisotopic (exact) mass is 276 g/mol. The highest BCUT2D eigenvalue weighted by atomic mass is 16.5. The standard InChI is InChI=1S/C16H24N2O2/c1-11(12-5-4-6-14(9-12)20-3)15(19)18-16(2,10-17)13-7-8-13/h4-6,9,11,13H,7-8,10,17H2,1-3H3,(H,18,19). The van der Waals surface area contributed by atoms with Gasteiger partial charge in [0.2, 0.25) is 5.91 Å². The Hall–Kier alpha value is -1.55. The van der Waals surface area contributed by atoms with Crippen molar-refractivity contribution in [3.05, 3.63) is 29.8 Å². The summed E-state index contributed by atoms with van der Waals surface area (Å²) < 4.78 is 5.20. The molecule has 110 valence electrons. The van der Waals surface area contributed by atoms with Gasteiger partial charge in [-0.2, -0.15) is 0 Å². The van der Waals surface area contributed by atoms with Gasteiger partial charge in [0.15, 0.2) is 0 Å². The number of nitrogens with one attached hydrogen (secondary N) is 1. The zero-order valence-corrected chi connectivity index (χ0v) is 12.5. The fraction of sp³-hybridized carbons (Fsp3) is 0.562. The predicted molar refractivity (Wildman–Crippen MR) is 79.7 cm³/mol. The maximum atomic E-state index is 12.4. The quantitative estimate of drug-likeness (QED) is 0.835. The third-order valence-corrected chi connectivity index (χ3v) is 4.30. The lowest BCUT2D eigenvalue weighted by Gasteiger charge is -2.31. The van der Waals surface area contributed by atoms with Crippen LogP contribution in [0.4, 0.5) is 0 Å². The number of benzene rings is 1. The first kappa shape index (κ1) is 14.9. The predicted octanol–water partition coefficient (Wildman–Crippen LogP) is 2.04. The maximum Gasteiger partial charge on any atom is 0.227 e. The van der Waals surface area contributed by atoms with Crippen LogP contribution >= 0.6 is 0 Å². The lowest BCUT2D eigenvalue weighted by Crippen LogP contribution is -2.54. The van der Waals surface area contributed by atoms with Gasteiger partial charge < -0.3 is 15.8 Å². The average Bonchev–Trinajstić information content (AvgIpc) is 3.31. The molecule has 1 aromatic carbocycles. The molecule has 3 N–H and O–H groups in total. The van der Waals surface area contributed by atoms with Crippen molar-refractivity contribution in [2.75, 3.05) is 13.7 Å². The van der Waals surface area contributed by atoms with Gasteiger partial charge in [-0.25, -0.2) is 0 Å². The van der Waals surface area contributed by atoms with Gasteiger partial charge in [0, 0.05) is 6.54 Å². The smallest absolute Gasteiger partial charge is 0.227 e. The molecule has 0 saturated heterocycles. The summed E-state index contributed by atoms with van der Waals surface area (Å²) in [7, 11) is 1.63. The number of hydrogen-bond donors (Lipinski definition) is 2. The van der Waals surface area contributed by atoms with Crippen LogP contribution in [0.5, 0.6) is 5.75 Å². The Kier molecular flexibility index (Phi) is 4.33. The van der Waals surface area contributed by atoms with Gasteiger partial charge in [0.1, 0.15) is 5.75 Å². The topological polar surface area (TPSA) is 64.3 Å². The van der Waals surface area contributed by atoms with Crippen molar-refractivity contribution >= 4 is 5.91 Å². The molecule has 0 aliphatic heterocycles. The van der Waals surface area contributed by atoms with Crippen molar-refractivity contribution in [2.24, 2.45) is 11.7 Å². The van der Waals surface area contributed by atoms with Crippen molar-refractivity contribution in [1.29, 1.82) is 0 Å². The van der Waals surface area contributed by atoms with Gasteiger partial charge in [-0.15, -0.1) is 0 Å². The number of methoxy groups -OCH3 is 1. The van der Waals surface area contributed by atoms with E-state index in [1.165, 1.54) is 0 Å². The molecule has 0 aromatic heterocycles. The van der Waals surface area contributed by atoms with Crippen LogP contribution < -0.4 is 15.8 Å². The zero-order valence-electron chi connectivity index (χ0n) is 12.5. The molecule has 0 radical (unpaired) electrons.